The first-order chi connectivity index (χ1) is 18.0. The molecule has 0 saturated carbocycles. The maximum Gasteiger partial charge on any atom is 0.339 e. The average molecular weight is 539 g/mol. The molecule has 0 spiro atoms. The lowest BCUT2D eigenvalue weighted by molar-refractivity contribution is -0.141. The molecule has 38 heavy (non-hydrogen) atoms. The van der Waals surface area contributed by atoms with Crippen LogP contribution in [0, 0.1) is 0 Å². The minimum absolute atomic E-state index is 0.0258. The lowest BCUT2D eigenvalue weighted by Gasteiger charge is -2.14. The molecule has 0 saturated heterocycles. The first-order valence-electron chi connectivity index (χ1n) is 11.6. The van der Waals surface area contributed by atoms with Crippen LogP contribution in [0.25, 0.3) is 0 Å². The van der Waals surface area contributed by atoms with Crippen LogP contribution in [0.5, 0.6) is 0 Å². The second-order valence-corrected chi connectivity index (χ2v) is 8.03. The molecule has 2 atom stereocenters. The third-order valence-corrected chi connectivity index (χ3v) is 4.42. The number of aliphatic hydroxyl groups is 2. The summed E-state index contributed by atoms with van der Waals surface area (Å²) in [5, 5.41) is 19.9. The number of rotatable bonds is 18. The summed E-state index contributed by atoms with van der Waals surface area (Å²) in [7, 11) is 0. The zero-order valence-electron chi connectivity index (χ0n) is 21.5. The highest BCUT2D eigenvalue weighted by Gasteiger charge is 2.21. The zero-order valence-corrected chi connectivity index (χ0v) is 21.5. The molecule has 12 nitrogen and oxygen atoms in total. The van der Waals surface area contributed by atoms with Gasteiger partial charge < -0.3 is 38.6 Å². The third-order valence-electron chi connectivity index (χ3n) is 4.42. The van der Waals surface area contributed by atoms with Gasteiger partial charge in [-0.25, -0.2) is 19.2 Å². The Balaban J connectivity index is 2.40. The second kappa shape index (κ2) is 17.8. The van der Waals surface area contributed by atoms with Crippen molar-refractivity contribution in [2.75, 3.05) is 52.9 Å². The summed E-state index contributed by atoms with van der Waals surface area (Å²) in [5.41, 5.74) is 0.314. The summed E-state index contributed by atoms with van der Waals surface area (Å²) in [4.78, 5) is 47.4. The number of ether oxygens (including phenoxy) is 6. The molecule has 0 heterocycles. The van der Waals surface area contributed by atoms with Gasteiger partial charge in [0.1, 0.15) is 38.6 Å². The molecule has 2 unspecified atom stereocenters. The van der Waals surface area contributed by atoms with Crippen molar-refractivity contribution in [3.05, 3.63) is 59.7 Å². The van der Waals surface area contributed by atoms with E-state index in [1.807, 2.05) is 0 Å². The van der Waals surface area contributed by atoms with E-state index in [1.54, 1.807) is 0 Å². The van der Waals surface area contributed by atoms with E-state index in [4.69, 9.17) is 28.4 Å². The SMILES string of the molecule is C=C(C)C(=O)OCCOCC(O)COC(=O)c1ccccc1C(=O)OCC(O)COCCOC(=O)C(=C)C. The van der Waals surface area contributed by atoms with Crippen LogP contribution >= 0.6 is 0 Å². The molecule has 1 rings (SSSR count). The summed E-state index contributed by atoms with van der Waals surface area (Å²) in [6, 6.07) is 5.73. The van der Waals surface area contributed by atoms with Crippen molar-refractivity contribution >= 4 is 23.9 Å². The van der Waals surface area contributed by atoms with Crippen LogP contribution < -0.4 is 0 Å². The van der Waals surface area contributed by atoms with Crippen LogP contribution in [0.2, 0.25) is 0 Å². The van der Waals surface area contributed by atoms with Crippen molar-refractivity contribution in [2.45, 2.75) is 26.1 Å². The van der Waals surface area contributed by atoms with Crippen molar-refractivity contribution in [3.63, 3.8) is 0 Å². The Bertz CT molecular complexity index is 894. The van der Waals surface area contributed by atoms with Crippen LogP contribution in [0.3, 0.4) is 0 Å². The number of carbonyl (C=O) groups excluding carboxylic acids is 4. The first kappa shape index (κ1) is 32.4. The van der Waals surface area contributed by atoms with Crippen LogP contribution in [-0.2, 0) is 38.0 Å². The molecule has 1 aromatic carbocycles. The van der Waals surface area contributed by atoms with Gasteiger partial charge in [-0.15, -0.1) is 0 Å². The first-order valence-corrected chi connectivity index (χ1v) is 11.6. The molecular formula is C26H34O12. The molecule has 0 aliphatic heterocycles. The lowest BCUT2D eigenvalue weighted by Crippen LogP contribution is -2.27. The van der Waals surface area contributed by atoms with Crippen molar-refractivity contribution in [3.8, 4) is 0 Å². The summed E-state index contributed by atoms with van der Waals surface area (Å²) in [5.74, 6) is -2.86. The molecule has 0 aliphatic carbocycles. The van der Waals surface area contributed by atoms with E-state index in [2.05, 4.69) is 13.2 Å². The summed E-state index contributed by atoms with van der Waals surface area (Å²) in [6.45, 7) is 8.71. The molecule has 0 aromatic heterocycles. The molecular weight excluding hydrogens is 504 g/mol. The molecule has 0 aliphatic rings. The van der Waals surface area contributed by atoms with Crippen LogP contribution in [-0.4, -0.2) is 99.2 Å². The number of carbonyl (C=O) groups is 4. The second-order valence-electron chi connectivity index (χ2n) is 8.03. The highest BCUT2D eigenvalue weighted by molar-refractivity contribution is 6.03. The molecule has 0 amide bonds. The van der Waals surface area contributed by atoms with Crippen molar-refractivity contribution in [1.29, 1.82) is 0 Å². The molecule has 0 radical (unpaired) electrons. The maximum atomic E-state index is 12.5. The summed E-state index contributed by atoms with van der Waals surface area (Å²) in [6.07, 6.45) is -2.32. The van der Waals surface area contributed by atoms with Gasteiger partial charge in [0.05, 0.1) is 37.6 Å². The van der Waals surface area contributed by atoms with Crippen molar-refractivity contribution in [2.24, 2.45) is 0 Å². The largest absolute Gasteiger partial charge is 0.460 e. The third kappa shape index (κ3) is 13.1. The molecule has 12 heteroatoms. The van der Waals surface area contributed by atoms with E-state index in [0.717, 1.165) is 0 Å². The number of hydrogen-bond acceptors (Lipinski definition) is 12. The monoisotopic (exact) mass is 538 g/mol. The zero-order chi connectivity index (χ0) is 28.5. The van der Waals surface area contributed by atoms with Gasteiger partial charge in [-0.3, -0.25) is 0 Å². The predicted octanol–water partition coefficient (Wildman–Crippen LogP) is 0.994. The molecule has 0 fully saturated rings. The van der Waals surface area contributed by atoms with Gasteiger partial charge in [-0.05, 0) is 26.0 Å². The lowest BCUT2D eigenvalue weighted by atomic mass is 10.1. The Morgan fingerprint density at radius 2 is 1.03 bits per heavy atom. The quantitative estimate of drug-likeness (QED) is 0.118. The predicted molar refractivity (Wildman–Crippen MR) is 132 cm³/mol. The normalized spacial score (nSPS) is 12.1. The van der Waals surface area contributed by atoms with E-state index in [9.17, 15) is 29.4 Å². The number of aliphatic hydroxyl groups excluding tert-OH is 2. The average Bonchev–Trinajstić information content (AvgIpc) is 2.89. The minimum atomic E-state index is -1.16. The van der Waals surface area contributed by atoms with E-state index in [1.165, 1.54) is 38.1 Å². The minimum Gasteiger partial charge on any atom is -0.460 e. The van der Waals surface area contributed by atoms with Gasteiger partial charge in [0.15, 0.2) is 0 Å². The smallest absolute Gasteiger partial charge is 0.339 e. The summed E-state index contributed by atoms with van der Waals surface area (Å²) < 4.78 is 30.1. The van der Waals surface area contributed by atoms with E-state index in [-0.39, 0.29) is 61.9 Å². The number of esters is 4. The Hall–Kier alpha value is -3.58. The Morgan fingerprint density at radius 3 is 1.37 bits per heavy atom. The Kier molecular flexibility index (Phi) is 15.2. The van der Waals surface area contributed by atoms with Gasteiger partial charge in [0.2, 0.25) is 0 Å². The molecule has 210 valence electrons. The van der Waals surface area contributed by atoms with Gasteiger partial charge in [-0.1, -0.05) is 25.3 Å². The number of hydrogen-bond donors (Lipinski definition) is 2. The number of benzene rings is 1. The molecule has 0 bridgehead atoms. The Morgan fingerprint density at radius 1 is 0.658 bits per heavy atom. The molecule has 2 N–H and O–H groups in total. The maximum absolute atomic E-state index is 12.5. The highest BCUT2D eigenvalue weighted by atomic mass is 16.6. The van der Waals surface area contributed by atoms with Crippen LogP contribution in [0.15, 0.2) is 48.6 Å². The van der Waals surface area contributed by atoms with Gasteiger partial charge in [0, 0.05) is 11.1 Å². The summed E-state index contributed by atoms with van der Waals surface area (Å²) >= 11 is 0. The van der Waals surface area contributed by atoms with Crippen molar-refractivity contribution in [1.82, 2.24) is 0 Å². The molecule has 1 aromatic rings. The Labute approximate surface area is 220 Å². The highest BCUT2D eigenvalue weighted by Crippen LogP contribution is 2.13. The van der Waals surface area contributed by atoms with Crippen LogP contribution in [0.4, 0.5) is 0 Å². The van der Waals surface area contributed by atoms with E-state index >= 15 is 0 Å². The fourth-order valence-electron chi connectivity index (χ4n) is 2.51. The standard InChI is InChI=1S/C26H34O12/c1-17(2)23(29)35-11-9-33-13-19(27)15-37-25(31)21-7-5-6-8-22(21)26(32)38-16-20(28)14-34-10-12-36-24(30)18(3)4/h5-8,19-20,27-28H,1,3,9-16H2,2,4H3. The van der Waals surface area contributed by atoms with Gasteiger partial charge in [-0.2, -0.15) is 0 Å². The van der Waals surface area contributed by atoms with Crippen LogP contribution in [0.1, 0.15) is 34.6 Å². The fraction of sp³-hybridized carbons (Fsp3) is 0.462. The van der Waals surface area contributed by atoms with Gasteiger partial charge >= 0.3 is 23.9 Å². The van der Waals surface area contributed by atoms with Gasteiger partial charge in [0.25, 0.3) is 0 Å². The van der Waals surface area contributed by atoms with Crippen molar-refractivity contribution < 1.29 is 57.8 Å². The fourth-order valence-corrected chi connectivity index (χ4v) is 2.51. The topological polar surface area (TPSA) is 164 Å². The van der Waals surface area contributed by atoms with E-state index in [0.29, 0.717) is 0 Å². The van der Waals surface area contributed by atoms with E-state index < -0.39 is 49.3 Å².